The Labute approximate surface area is 213 Å². The molecule has 0 spiro atoms. The third-order valence-corrected chi connectivity index (χ3v) is 6.19. The van der Waals surface area contributed by atoms with Crippen LogP contribution in [-0.2, 0) is 39.7 Å². The zero-order chi connectivity index (χ0) is 27.1. The second-order valence-corrected chi connectivity index (χ2v) is 8.55. The van der Waals surface area contributed by atoms with Gasteiger partial charge in [0.2, 0.25) is 6.29 Å². The van der Waals surface area contributed by atoms with Crippen LogP contribution in [0.4, 0.5) is 0 Å². The Kier molecular flexibility index (Phi) is 10.0. The Morgan fingerprint density at radius 3 is 2.41 bits per heavy atom. The normalized spacial score (nSPS) is 30.8. The van der Waals surface area contributed by atoms with Gasteiger partial charge < -0.3 is 49.2 Å². The van der Waals surface area contributed by atoms with E-state index in [1.165, 1.54) is 19.2 Å². The number of carbonyl (C=O) groups is 2. The van der Waals surface area contributed by atoms with E-state index in [9.17, 15) is 35.1 Å². The lowest BCUT2D eigenvalue weighted by atomic mass is 9.86. The number of rotatable bonds is 9. The molecule has 7 atom stereocenters. The molecule has 12 nitrogen and oxygen atoms in total. The largest absolute Gasteiger partial charge is 0.508 e. The van der Waals surface area contributed by atoms with Crippen molar-refractivity contribution in [3.8, 4) is 5.75 Å². The number of aliphatic hydroxyl groups excluding tert-OH is 4. The van der Waals surface area contributed by atoms with E-state index in [1.54, 1.807) is 25.1 Å². The fourth-order valence-corrected chi connectivity index (χ4v) is 4.10. The number of allylic oxidation sites excluding steroid dienone is 1. The molecule has 2 heterocycles. The maximum absolute atomic E-state index is 12.7. The van der Waals surface area contributed by atoms with Gasteiger partial charge in [0.25, 0.3) is 0 Å². The highest BCUT2D eigenvalue weighted by Gasteiger charge is 2.46. The zero-order valence-corrected chi connectivity index (χ0v) is 20.4. The van der Waals surface area contributed by atoms with Gasteiger partial charge in [-0.2, -0.15) is 0 Å². The molecular weight excluding hydrogens is 492 g/mol. The molecule has 204 valence electrons. The molecule has 0 bridgehead atoms. The number of methoxy groups -OCH3 is 1. The number of esters is 2. The van der Waals surface area contributed by atoms with E-state index in [4.69, 9.17) is 23.7 Å². The summed E-state index contributed by atoms with van der Waals surface area (Å²) in [7, 11) is 1.18. The lowest BCUT2D eigenvalue weighted by molar-refractivity contribution is -0.327. The van der Waals surface area contributed by atoms with Gasteiger partial charge in [0.1, 0.15) is 30.2 Å². The lowest BCUT2D eigenvalue weighted by Gasteiger charge is -2.41. The molecule has 0 radical (unpaired) electrons. The number of phenolic OH excluding ortho intramolecular Hbond substituents is 1. The summed E-state index contributed by atoms with van der Waals surface area (Å²) in [5.41, 5.74) is 1.23. The Morgan fingerprint density at radius 1 is 1.08 bits per heavy atom. The molecule has 0 unspecified atom stereocenters. The van der Waals surface area contributed by atoms with Crippen molar-refractivity contribution in [1.82, 2.24) is 0 Å². The number of aliphatic hydroxyl groups is 4. The van der Waals surface area contributed by atoms with Crippen LogP contribution in [0.1, 0.15) is 18.9 Å². The molecule has 12 heteroatoms. The molecule has 37 heavy (non-hydrogen) atoms. The zero-order valence-electron chi connectivity index (χ0n) is 20.4. The van der Waals surface area contributed by atoms with Crippen LogP contribution >= 0.6 is 0 Å². The highest BCUT2D eigenvalue weighted by molar-refractivity contribution is 5.90. The number of phenols is 1. The molecule has 2 aliphatic heterocycles. The van der Waals surface area contributed by atoms with Crippen molar-refractivity contribution in [3.63, 3.8) is 0 Å². The molecular formula is C25H32O12. The first kappa shape index (κ1) is 28.6. The van der Waals surface area contributed by atoms with Crippen LogP contribution in [-0.4, -0.2) is 94.8 Å². The van der Waals surface area contributed by atoms with E-state index in [1.807, 2.05) is 0 Å². The molecule has 5 N–H and O–H groups in total. The lowest BCUT2D eigenvalue weighted by Crippen LogP contribution is -2.60. The minimum absolute atomic E-state index is 0.0414. The van der Waals surface area contributed by atoms with Crippen LogP contribution in [0.2, 0.25) is 0 Å². The Bertz CT molecular complexity index is 986. The van der Waals surface area contributed by atoms with Crippen molar-refractivity contribution in [2.45, 2.75) is 56.8 Å². The van der Waals surface area contributed by atoms with Crippen LogP contribution in [0.5, 0.6) is 5.75 Å². The van der Waals surface area contributed by atoms with Crippen molar-refractivity contribution >= 4 is 11.9 Å². The van der Waals surface area contributed by atoms with Gasteiger partial charge in [0, 0.05) is 17.9 Å². The van der Waals surface area contributed by atoms with E-state index in [2.05, 4.69) is 0 Å². The number of hydrogen-bond donors (Lipinski definition) is 5. The predicted molar refractivity (Wildman–Crippen MR) is 124 cm³/mol. The van der Waals surface area contributed by atoms with E-state index in [0.717, 1.165) is 11.8 Å². The first-order valence-electron chi connectivity index (χ1n) is 11.7. The summed E-state index contributed by atoms with van der Waals surface area (Å²) in [6.07, 6.45) is -6.02. The van der Waals surface area contributed by atoms with Crippen molar-refractivity contribution in [1.29, 1.82) is 0 Å². The van der Waals surface area contributed by atoms with Crippen molar-refractivity contribution < 1.29 is 58.8 Å². The minimum atomic E-state index is -1.67. The Balaban J connectivity index is 1.71. The molecule has 1 saturated heterocycles. The molecule has 0 aromatic heterocycles. The maximum atomic E-state index is 12.7. The van der Waals surface area contributed by atoms with E-state index >= 15 is 0 Å². The first-order valence-corrected chi connectivity index (χ1v) is 11.7. The molecule has 1 aromatic rings. The Hall–Kier alpha value is -3.00. The predicted octanol–water partition coefficient (Wildman–Crippen LogP) is -0.340. The highest BCUT2D eigenvalue weighted by atomic mass is 16.8. The monoisotopic (exact) mass is 524 g/mol. The number of hydrogen-bond acceptors (Lipinski definition) is 12. The van der Waals surface area contributed by atoms with Crippen molar-refractivity contribution in [2.75, 3.05) is 20.3 Å². The summed E-state index contributed by atoms with van der Waals surface area (Å²) in [4.78, 5) is 25.1. The quantitative estimate of drug-likeness (QED) is 0.210. The molecule has 0 amide bonds. The van der Waals surface area contributed by atoms with Gasteiger partial charge in [-0.25, -0.2) is 4.79 Å². The molecule has 0 aliphatic carbocycles. The summed E-state index contributed by atoms with van der Waals surface area (Å²) in [5.74, 6) is -2.07. The average molecular weight is 525 g/mol. The fourth-order valence-electron chi connectivity index (χ4n) is 4.10. The topological polar surface area (TPSA) is 181 Å². The van der Waals surface area contributed by atoms with Crippen molar-refractivity contribution in [3.05, 3.63) is 53.3 Å². The third kappa shape index (κ3) is 6.86. The fraction of sp³-hybridized carbons (Fsp3) is 0.520. The third-order valence-electron chi connectivity index (χ3n) is 6.19. The SMILES string of the molecule is C/C=C1\[C@H](O[C@H]2O[C@H](CO)[C@@H](O)[C@H](O)[C@H]2O)OC=C(C(=O)OC)[C@H]1CC(=O)OCCc1ccc(O)cc1. The molecule has 2 aliphatic rings. The average Bonchev–Trinajstić information content (AvgIpc) is 2.89. The molecule has 1 aromatic carbocycles. The van der Waals surface area contributed by atoms with Gasteiger partial charge in [-0.15, -0.1) is 0 Å². The summed E-state index contributed by atoms with van der Waals surface area (Å²) in [5, 5.41) is 49.1. The number of ether oxygens (including phenoxy) is 5. The van der Waals surface area contributed by atoms with Crippen LogP contribution in [0.25, 0.3) is 0 Å². The number of benzene rings is 1. The van der Waals surface area contributed by atoms with Crippen LogP contribution in [0.15, 0.2) is 47.7 Å². The van der Waals surface area contributed by atoms with Gasteiger partial charge >= 0.3 is 11.9 Å². The van der Waals surface area contributed by atoms with Crippen LogP contribution in [0, 0.1) is 5.92 Å². The summed E-state index contributed by atoms with van der Waals surface area (Å²) in [6, 6.07) is 6.47. The van der Waals surface area contributed by atoms with Gasteiger partial charge in [-0.3, -0.25) is 4.79 Å². The second-order valence-electron chi connectivity index (χ2n) is 8.55. The maximum Gasteiger partial charge on any atom is 0.337 e. The summed E-state index contributed by atoms with van der Waals surface area (Å²) < 4.78 is 26.8. The van der Waals surface area contributed by atoms with E-state index < -0.39 is 61.5 Å². The number of carbonyl (C=O) groups excluding carboxylic acids is 2. The van der Waals surface area contributed by atoms with Gasteiger partial charge in [0.15, 0.2) is 6.29 Å². The standard InChI is InChI=1S/C25H32O12/c1-3-15-16(10-19(28)34-9-8-13-4-6-14(27)7-5-13)17(23(32)33-2)12-35-24(15)37-25-22(31)21(30)20(29)18(11-26)36-25/h3-7,12,16,18,20-22,24-27,29-31H,8-11H2,1-2H3/b15-3-/t16-,18+,20+,21-,22+,24-,25+/m0/s1. The summed E-state index contributed by atoms with van der Waals surface area (Å²) in [6.45, 7) is 1.06. The van der Waals surface area contributed by atoms with Gasteiger partial charge in [-0.05, 0) is 24.6 Å². The van der Waals surface area contributed by atoms with Crippen LogP contribution in [0.3, 0.4) is 0 Å². The molecule has 1 fully saturated rings. The molecule has 0 saturated carbocycles. The second kappa shape index (κ2) is 13.0. The summed E-state index contributed by atoms with van der Waals surface area (Å²) >= 11 is 0. The van der Waals surface area contributed by atoms with E-state index in [-0.39, 0.29) is 24.4 Å². The first-order chi connectivity index (χ1) is 17.7. The molecule has 3 rings (SSSR count). The van der Waals surface area contributed by atoms with Gasteiger partial charge in [0.05, 0.1) is 38.6 Å². The van der Waals surface area contributed by atoms with E-state index in [0.29, 0.717) is 12.0 Å². The minimum Gasteiger partial charge on any atom is -0.508 e. The Morgan fingerprint density at radius 2 is 1.78 bits per heavy atom. The number of aromatic hydroxyl groups is 1. The van der Waals surface area contributed by atoms with Gasteiger partial charge in [-0.1, -0.05) is 18.2 Å². The smallest absolute Gasteiger partial charge is 0.337 e. The highest BCUT2D eigenvalue weighted by Crippen LogP contribution is 2.36. The van der Waals surface area contributed by atoms with Crippen LogP contribution < -0.4 is 0 Å². The van der Waals surface area contributed by atoms with Crippen molar-refractivity contribution in [2.24, 2.45) is 5.92 Å².